The summed E-state index contributed by atoms with van der Waals surface area (Å²) in [6.07, 6.45) is 1.34. The molecule has 0 saturated carbocycles. The maximum atomic E-state index is 13.1. The molecule has 1 aromatic heterocycles. The summed E-state index contributed by atoms with van der Waals surface area (Å²) in [4.78, 5) is 14.9. The van der Waals surface area contributed by atoms with Crippen LogP contribution in [0.1, 0.15) is 34.5 Å². The van der Waals surface area contributed by atoms with Crippen molar-refractivity contribution in [3.8, 4) is 0 Å². The number of carbonyl (C=O) groups excluding carboxylic acids is 1. The summed E-state index contributed by atoms with van der Waals surface area (Å²) in [5, 5.41) is 5.45. The van der Waals surface area contributed by atoms with Crippen molar-refractivity contribution >= 4 is 29.1 Å². The van der Waals surface area contributed by atoms with E-state index in [4.69, 9.17) is 32.7 Å². The Morgan fingerprint density at radius 2 is 1.85 bits per heavy atom. The molecule has 27 heavy (non-hydrogen) atoms. The second-order valence-corrected chi connectivity index (χ2v) is 7.67. The number of rotatable bonds is 3. The van der Waals surface area contributed by atoms with Crippen LogP contribution >= 0.6 is 23.2 Å². The molecule has 0 atom stereocenters. The van der Waals surface area contributed by atoms with Crippen LogP contribution in [0, 0.1) is 6.92 Å². The number of hydrogen-bond acceptors (Lipinski definition) is 4. The third-order valence-corrected chi connectivity index (χ3v) is 5.94. The molecule has 0 bridgehead atoms. The minimum Gasteiger partial charge on any atom is -0.347 e. The van der Waals surface area contributed by atoms with Gasteiger partial charge in [0.1, 0.15) is 5.15 Å². The fraction of sp³-hybridized carbons (Fsp3) is 0.474. The van der Waals surface area contributed by atoms with Gasteiger partial charge in [0.05, 0.1) is 31.0 Å². The molecule has 4 rings (SSSR count). The first kappa shape index (κ1) is 18.7. The lowest BCUT2D eigenvalue weighted by Crippen LogP contribution is -2.47. The van der Waals surface area contributed by atoms with Gasteiger partial charge >= 0.3 is 0 Å². The van der Waals surface area contributed by atoms with E-state index in [1.54, 1.807) is 16.5 Å². The molecule has 2 fully saturated rings. The first-order valence-electron chi connectivity index (χ1n) is 9.03. The van der Waals surface area contributed by atoms with Crippen LogP contribution in [0.3, 0.4) is 0 Å². The Labute approximate surface area is 167 Å². The first-order valence-corrected chi connectivity index (χ1v) is 9.78. The highest BCUT2D eigenvalue weighted by molar-refractivity contribution is 6.33. The van der Waals surface area contributed by atoms with E-state index in [1.165, 1.54) is 0 Å². The van der Waals surface area contributed by atoms with Gasteiger partial charge in [0.25, 0.3) is 5.91 Å². The molecule has 2 aliphatic rings. The predicted octanol–water partition coefficient (Wildman–Crippen LogP) is 3.53. The average molecular weight is 410 g/mol. The zero-order chi connectivity index (χ0) is 19.0. The second kappa shape index (κ2) is 7.43. The number of aryl methyl sites for hydroxylation is 1. The predicted molar refractivity (Wildman–Crippen MR) is 102 cm³/mol. The quantitative estimate of drug-likeness (QED) is 0.777. The standard InChI is InChI=1S/C19H21Cl2N3O3/c1-13-16(17(21)24(22-13)12-14-4-2-3-5-15(14)20)18(25)23-8-6-19(7-9-23)26-10-11-27-19/h2-5H,6-12H2,1H3. The Kier molecular flexibility index (Phi) is 5.16. The van der Waals surface area contributed by atoms with Gasteiger partial charge in [-0.25, -0.2) is 4.68 Å². The molecule has 2 aromatic rings. The van der Waals surface area contributed by atoms with Crippen molar-refractivity contribution in [3.05, 3.63) is 51.3 Å². The number of likely N-dealkylation sites (tertiary alicyclic amines) is 1. The highest BCUT2D eigenvalue weighted by atomic mass is 35.5. The Hall–Kier alpha value is -1.60. The molecule has 1 amide bonds. The summed E-state index contributed by atoms with van der Waals surface area (Å²) in [5.74, 6) is -0.611. The molecule has 2 aliphatic heterocycles. The Bertz CT molecular complexity index is 852. The number of ether oxygens (including phenoxy) is 2. The zero-order valence-corrected chi connectivity index (χ0v) is 16.6. The number of benzene rings is 1. The molecule has 2 saturated heterocycles. The van der Waals surface area contributed by atoms with E-state index in [-0.39, 0.29) is 5.91 Å². The monoisotopic (exact) mass is 409 g/mol. The summed E-state index contributed by atoms with van der Waals surface area (Å²) in [5.41, 5.74) is 1.97. The number of carbonyl (C=O) groups is 1. The van der Waals surface area contributed by atoms with Crippen LogP contribution in [0.4, 0.5) is 0 Å². The van der Waals surface area contributed by atoms with E-state index in [9.17, 15) is 4.79 Å². The summed E-state index contributed by atoms with van der Waals surface area (Å²) in [7, 11) is 0. The van der Waals surface area contributed by atoms with E-state index in [0.717, 1.165) is 5.56 Å². The van der Waals surface area contributed by atoms with Gasteiger partial charge in [-0.1, -0.05) is 41.4 Å². The number of hydrogen-bond donors (Lipinski definition) is 0. The molecule has 6 nitrogen and oxygen atoms in total. The van der Waals surface area contributed by atoms with Gasteiger partial charge in [-0.2, -0.15) is 5.10 Å². The Morgan fingerprint density at radius 1 is 1.19 bits per heavy atom. The second-order valence-electron chi connectivity index (χ2n) is 6.90. The highest BCUT2D eigenvalue weighted by Gasteiger charge is 2.41. The average Bonchev–Trinajstić information content (AvgIpc) is 3.22. The summed E-state index contributed by atoms with van der Waals surface area (Å²) < 4.78 is 13.1. The summed E-state index contributed by atoms with van der Waals surface area (Å²) in [6, 6.07) is 7.53. The Morgan fingerprint density at radius 3 is 2.52 bits per heavy atom. The van der Waals surface area contributed by atoms with E-state index in [0.29, 0.717) is 67.1 Å². The van der Waals surface area contributed by atoms with Crippen LogP contribution in [0.2, 0.25) is 10.2 Å². The summed E-state index contributed by atoms with van der Waals surface area (Å²) >= 11 is 12.8. The van der Waals surface area contributed by atoms with Gasteiger partial charge in [-0.05, 0) is 18.6 Å². The lowest BCUT2D eigenvalue weighted by atomic mass is 10.0. The van der Waals surface area contributed by atoms with E-state index < -0.39 is 5.79 Å². The molecule has 8 heteroatoms. The van der Waals surface area contributed by atoms with Crippen molar-refractivity contribution in [1.82, 2.24) is 14.7 Å². The van der Waals surface area contributed by atoms with E-state index >= 15 is 0 Å². The molecular formula is C19H21Cl2N3O3. The normalized spacial score (nSPS) is 19.0. The largest absolute Gasteiger partial charge is 0.347 e. The van der Waals surface area contributed by atoms with Gasteiger partial charge in [0.2, 0.25) is 0 Å². The minimum absolute atomic E-state index is 0.101. The third kappa shape index (κ3) is 3.59. The topological polar surface area (TPSA) is 56.6 Å². The van der Waals surface area contributed by atoms with Crippen molar-refractivity contribution in [2.45, 2.75) is 32.1 Å². The number of amides is 1. The van der Waals surface area contributed by atoms with Gasteiger partial charge < -0.3 is 14.4 Å². The van der Waals surface area contributed by atoms with Crippen LogP contribution in [0.5, 0.6) is 0 Å². The molecule has 1 spiro atoms. The number of piperidine rings is 1. The zero-order valence-electron chi connectivity index (χ0n) is 15.1. The van der Waals surface area contributed by atoms with Gasteiger partial charge in [-0.3, -0.25) is 4.79 Å². The van der Waals surface area contributed by atoms with Crippen LogP contribution < -0.4 is 0 Å². The SMILES string of the molecule is Cc1nn(Cc2ccccc2Cl)c(Cl)c1C(=O)N1CCC2(CC1)OCCO2. The maximum Gasteiger partial charge on any atom is 0.258 e. The van der Waals surface area contributed by atoms with Crippen LogP contribution in [-0.4, -0.2) is 52.7 Å². The highest BCUT2D eigenvalue weighted by Crippen LogP contribution is 2.33. The molecule has 0 unspecified atom stereocenters. The van der Waals surface area contributed by atoms with Crippen LogP contribution in [0.25, 0.3) is 0 Å². The number of nitrogens with zero attached hydrogens (tertiary/aromatic N) is 3. The molecule has 0 radical (unpaired) electrons. The lowest BCUT2D eigenvalue weighted by molar-refractivity contribution is -0.181. The fourth-order valence-electron chi connectivity index (χ4n) is 3.68. The van der Waals surface area contributed by atoms with Crippen molar-refractivity contribution < 1.29 is 14.3 Å². The first-order chi connectivity index (χ1) is 13.0. The third-order valence-electron chi connectivity index (χ3n) is 5.18. The van der Waals surface area contributed by atoms with Crippen molar-refractivity contribution in [1.29, 1.82) is 0 Å². The number of aromatic nitrogens is 2. The van der Waals surface area contributed by atoms with Crippen LogP contribution in [0.15, 0.2) is 24.3 Å². The van der Waals surface area contributed by atoms with Crippen molar-refractivity contribution in [3.63, 3.8) is 0 Å². The smallest absolute Gasteiger partial charge is 0.258 e. The van der Waals surface area contributed by atoms with Gasteiger partial charge in [0.15, 0.2) is 5.79 Å². The van der Waals surface area contributed by atoms with E-state index in [1.807, 2.05) is 24.3 Å². The lowest BCUT2D eigenvalue weighted by Gasteiger charge is -2.37. The van der Waals surface area contributed by atoms with Gasteiger partial charge in [-0.15, -0.1) is 0 Å². The molecule has 0 N–H and O–H groups in total. The molecule has 3 heterocycles. The van der Waals surface area contributed by atoms with Crippen LogP contribution in [-0.2, 0) is 16.0 Å². The summed E-state index contributed by atoms with van der Waals surface area (Å²) in [6.45, 7) is 4.60. The molecular weight excluding hydrogens is 389 g/mol. The molecule has 0 aliphatic carbocycles. The fourth-order valence-corrected chi connectivity index (χ4v) is 4.19. The number of halogens is 2. The molecule has 144 valence electrons. The minimum atomic E-state index is -0.510. The van der Waals surface area contributed by atoms with Gasteiger partial charge in [0, 0.05) is 31.0 Å². The maximum absolute atomic E-state index is 13.1. The van der Waals surface area contributed by atoms with Crippen molar-refractivity contribution in [2.75, 3.05) is 26.3 Å². The van der Waals surface area contributed by atoms with E-state index in [2.05, 4.69) is 5.10 Å². The Balaban J connectivity index is 1.51. The van der Waals surface area contributed by atoms with Crippen molar-refractivity contribution in [2.24, 2.45) is 0 Å². The molecule has 1 aromatic carbocycles.